The minimum absolute atomic E-state index is 0.0960. The lowest BCUT2D eigenvalue weighted by atomic mass is 10.1. The van der Waals surface area contributed by atoms with E-state index in [1.807, 2.05) is 0 Å². The summed E-state index contributed by atoms with van der Waals surface area (Å²) >= 11 is 5.83. The summed E-state index contributed by atoms with van der Waals surface area (Å²) in [5.74, 6) is -0.258. The summed E-state index contributed by atoms with van der Waals surface area (Å²) in [4.78, 5) is -0.429. The Labute approximate surface area is 129 Å². The monoisotopic (exact) mass is 334 g/mol. The fourth-order valence-electron chi connectivity index (χ4n) is 2.74. The van der Waals surface area contributed by atoms with Gasteiger partial charge in [0.15, 0.2) is 0 Å². The first kappa shape index (κ1) is 16.7. The number of halogens is 2. The van der Waals surface area contributed by atoms with Gasteiger partial charge in [-0.15, -0.1) is 0 Å². The van der Waals surface area contributed by atoms with Crippen molar-refractivity contribution in [3.8, 4) is 0 Å². The predicted octanol–water partition coefficient (Wildman–Crippen LogP) is 2.80. The van der Waals surface area contributed by atoms with Crippen LogP contribution in [0.3, 0.4) is 0 Å². The molecule has 21 heavy (non-hydrogen) atoms. The minimum atomic E-state index is -3.90. The molecule has 0 atom stereocenters. The summed E-state index contributed by atoms with van der Waals surface area (Å²) in [6.07, 6.45) is 5.49. The fourth-order valence-corrected chi connectivity index (χ4v) is 4.23. The summed E-state index contributed by atoms with van der Waals surface area (Å²) in [5.41, 5.74) is 5.50. The molecule has 0 bridgehead atoms. The molecule has 0 saturated heterocycles. The number of nitrogens with two attached hydrogens (primary N) is 1. The zero-order chi connectivity index (χ0) is 15.5. The van der Waals surface area contributed by atoms with E-state index in [-0.39, 0.29) is 17.1 Å². The predicted molar refractivity (Wildman–Crippen MR) is 81.1 cm³/mol. The molecule has 1 aromatic carbocycles. The van der Waals surface area contributed by atoms with Crippen LogP contribution in [-0.2, 0) is 16.6 Å². The Hall–Kier alpha value is -0.690. The van der Waals surface area contributed by atoms with E-state index in [4.69, 9.17) is 17.3 Å². The minimum Gasteiger partial charge on any atom is -0.326 e. The Bertz CT molecular complexity index is 601. The van der Waals surface area contributed by atoms with Crippen LogP contribution in [-0.4, -0.2) is 15.0 Å². The highest BCUT2D eigenvalue weighted by molar-refractivity contribution is 7.89. The second-order valence-electron chi connectivity index (χ2n) is 5.42. The molecule has 0 unspecified atom stereocenters. The van der Waals surface area contributed by atoms with Crippen molar-refractivity contribution >= 4 is 21.6 Å². The van der Waals surface area contributed by atoms with Crippen molar-refractivity contribution in [1.82, 2.24) is 4.72 Å². The van der Waals surface area contributed by atoms with Crippen LogP contribution in [0.15, 0.2) is 17.0 Å². The summed E-state index contributed by atoms with van der Waals surface area (Å²) in [7, 11) is -3.90. The van der Waals surface area contributed by atoms with Gasteiger partial charge in [0.05, 0.1) is 0 Å². The SMILES string of the molecule is NCc1cc(Cl)cc(S(=O)(=O)NCCC2CCCC2)c1F. The molecule has 0 spiro atoms. The maximum absolute atomic E-state index is 14.1. The van der Waals surface area contributed by atoms with E-state index in [1.165, 1.54) is 18.9 Å². The first-order valence-electron chi connectivity index (χ1n) is 7.11. The van der Waals surface area contributed by atoms with Crippen LogP contribution in [0.4, 0.5) is 4.39 Å². The Kier molecular flexibility index (Phi) is 5.60. The lowest BCUT2D eigenvalue weighted by Crippen LogP contribution is -2.27. The third-order valence-electron chi connectivity index (χ3n) is 3.91. The lowest BCUT2D eigenvalue weighted by Gasteiger charge is -2.12. The first-order valence-corrected chi connectivity index (χ1v) is 8.98. The number of benzene rings is 1. The number of hydrogen-bond acceptors (Lipinski definition) is 3. The molecule has 0 radical (unpaired) electrons. The highest BCUT2D eigenvalue weighted by Crippen LogP contribution is 2.27. The summed E-state index contributed by atoms with van der Waals surface area (Å²) in [6, 6.07) is 2.46. The van der Waals surface area contributed by atoms with Crippen LogP contribution in [0, 0.1) is 11.7 Å². The zero-order valence-corrected chi connectivity index (χ0v) is 13.3. The second-order valence-corrected chi connectivity index (χ2v) is 7.59. The molecule has 0 aromatic heterocycles. The van der Waals surface area contributed by atoms with E-state index in [0.29, 0.717) is 12.5 Å². The largest absolute Gasteiger partial charge is 0.326 e. The maximum Gasteiger partial charge on any atom is 0.243 e. The van der Waals surface area contributed by atoms with Gasteiger partial charge < -0.3 is 5.73 Å². The maximum atomic E-state index is 14.1. The molecular weight excluding hydrogens is 315 g/mol. The number of sulfonamides is 1. The van der Waals surface area contributed by atoms with E-state index >= 15 is 0 Å². The Morgan fingerprint density at radius 1 is 1.33 bits per heavy atom. The van der Waals surface area contributed by atoms with Crippen LogP contribution in [0.2, 0.25) is 5.02 Å². The second kappa shape index (κ2) is 7.05. The molecule has 4 nitrogen and oxygen atoms in total. The molecule has 2 rings (SSSR count). The average Bonchev–Trinajstić information content (AvgIpc) is 2.93. The molecule has 1 aliphatic carbocycles. The van der Waals surface area contributed by atoms with Gasteiger partial charge in [-0.3, -0.25) is 0 Å². The molecule has 3 N–H and O–H groups in total. The smallest absolute Gasteiger partial charge is 0.243 e. The molecule has 1 fully saturated rings. The lowest BCUT2D eigenvalue weighted by molar-refractivity contribution is 0.493. The van der Waals surface area contributed by atoms with Crippen LogP contribution >= 0.6 is 11.6 Å². The van der Waals surface area contributed by atoms with E-state index in [1.54, 1.807) is 0 Å². The van der Waals surface area contributed by atoms with E-state index < -0.39 is 20.7 Å². The third kappa shape index (κ3) is 4.16. The molecular formula is C14H20ClFN2O2S. The van der Waals surface area contributed by atoms with Crippen molar-refractivity contribution in [1.29, 1.82) is 0 Å². The molecule has 1 aromatic rings. The normalized spacial score (nSPS) is 16.5. The van der Waals surface area contributed by atoms with Crippen molar-refractivity contribution < 1.29 is 12.8 Å². The van der Waals surface area contributed by atoms with Crippen molar-refractivity contribution in [3.05, 3.63) is 28.5 Å². The molecule has 0 heterocycles. The Morgan fingerprint density at radius 3 is 2.62 bits per heavy atom. The highest BCUT2D eigenvalue weighted by atomic mass is 35.5. The molecule has 0 aliphatic heterocycles. The van der Waals surface area contributed by atoms with Crippen LogP contribution in [0.5, 0.6) is 0 Å². The van der Waals surface area contributed by atoms with Crippen molar-refractivity contribution in [2.45, 2.75) is 43.5 Å². The molecule has 0 amide bonds. The van der Waals surface area contributed by atoms with Crippen molar-refractivity contribution in [2.75, 3.05) is 6.54 Å². The number of rotatable bonds is 6. The van der Waals surface area contributed by atoms with E-state index in [2.05, 4.69) is 4.72 Å². The Morgan fingerprint density at radius 2 is 2.00 bits per heavy atom. The van der Waals surface area contributed by atoms with Gasteiger partial charge in [-0.2, -0.15) is 0 Å². The topological polar surface area (TPSA) is 72.2 Å². The molecule has 7 heteroatoms. The molecule has 1 aliphatic rings. The quantitative estimate of drug-likeness (QED) is 0.840. The highest BCUT2D eigenvalue weighted by Gasteiger charge is 2.23. The van der Waals surface area contributed by atoms with E-state index in [9.17, 15) is 12.8 Å². The molecule has 1 saturated carbocycles. The number of hydrogen-bond donors (Lipinski definition) is 2. The van der Waals surface area contributed by atoms with Gasteiger partial charge in [0, 0.05) is 23.7 Å². The number of nitrogens with one attached hydrogen (secondary N) is 1. The summed E-state index contributed by atoms with van der Waals surface area (Å²) in [5, 5.41) is 0.160. The summed E-state index contributed by atoms with van der Waals surface area (Å²) < 4.78 is 41.0. The first-order chi connectivity index (χ1) is 9.94. The van der Waals surface area contributed by atoms with Gasteiger partial charge in [0.1, 0.15) is 10.7 Å². The van der Waals surface area contributed by atoms with Gasteiger partial charge in [0.25, 0.3) is 0 Å². The fraction of sp³-hybridized carbons (Fsp3) is 0.571. The molecule has 118 valence electrons. The van der Waals surface area contributed by atoms with Crippen LogP contribution in [0.1, 0.15) is 37.7 Å². The third-order valence-corrected chi connectivity index (χ3v) is 5.59. The summed E-state index contributed by atoms with van der Waals surface area (Å²) in [6.45, 7) is 0.216. The van der Waals surface area contributed by atoms with Gasteiger partial charge in [-0.25, -0.2) is 17.5 Å². The van der Waals surface area contributed by atoms with Crippen molar-refractivity contribution in [3.63, 3.8) is 0 Å². The van der Waals surface area contributed by atoms with Gasteiger partial charge >= 0.3 is 0 Å². The Balaban J connectivity index is 2.09. The van der Waals surface area contributed by atoms with Gasteiger partial charge in [0.2, 0.25) is 10.0 Å². The zero-order valence-electron chi connectivity index (χ0n) is 11.7. The van der Waals surface area contributed by atoms with Crippen LogP contribution < -0.4 is 10.5 Å². The van der Waals surface area contributed by atoms with Gasteiger partial charge in [-0.05, 0) is 24.5 Å². The van der Waals surface area contributed by atoms with E-state index in [0.717, 1.165) is 25.3 Å². The van der Waals surface area contributed by atoms with Gasteiger partial charge in [-0.1, -0.05) is 37.3 Å². The standard InChI is InChI=1S/C14H20ClFN2O2S/c15-12-7-11(9-17)14(16)13(8-12)21(19,20)18-6-5-10-3-1-2-4-10/h7-8,10,18H,1-6,9,17H2. The average molecular weight is 335 g/mol. The van der Waals surface area contributed by atoms with Crippen LogP contribution in [0.25, 0.3) is 0 Å². The van der Waals surface area contributed by atoms with Crippen molar-refractivity contribution in [2.24, 2.45) is 11.7 Å².